The molecule has 23 heavy (non-hydrogen) atoms. The molecule has 0 aromatic carbocycles. The van der Waals surface area contributed by atoms with Crippen LogP contribution in [0.2, 0.25) is 0 Å². The second-order valence-electron chi connectivity index (χ2n) is 4.88. The molecule has 0 amide bonds. The first-order chi connectivity index (χ1) is 11.2. The Kier molecular flexibility index (Phi) is 3.58. The molecule has 0 radical (unpaired) electrons. The summed E-state index contributed by atoms with van der Waals surface area (Å²) in [6, 6.07) is 3.94. The highest BCUT2D eigenvalue weighted by atomic mass is 32.2. The molecule has 0 aliphatic rings. The second kappa shape index (κ2) is 5.74. The molecule has 0 bridgehead atoms. The van der Waals surface area contributed by atoms with Crippen molar-refractivity contribution < 1.29 is 4.52 Å². The Morgan fingerprint density at radius 3 is 3.09 bits per heavy atom. The molecular formula is C14H12N6OS2. The number of thiophene rings is 1. The summed E-state index contributed by atoms with van der Waals surface area (Å²) < 4.78 is 7.13. The Bertz CT molecular complexity index is 945. The summed E-state index contributed by atoms with van der Waals surface area (Å²) in [6.45, 7) is 2.01. The molecule has 0 aliphatic heterocycles. The zero-order valence-electron chi connectivity index (χ0n) is 12.4. The number of hydrogen-bond donors (Lipinski definition) is 0. The van der Waals surface area contributed by atoms with E-state index in [1.54, 1.807) is 40.3 Å². The average molecular weight is 344 g/mol. The van der Waals surface area contributed by atoms with Gasteiger partial charge in [0.25, 0.3) is 0 Å². The van der Waals surface area contributed by atoms with Gasteiger partial charge in [0.2, 0.25) is 11.7 Å². The number of aromatic nitrogens is 6. The third-order valence-electron chi connectivity index (χ3n) is 3.31. The largest absolute Gasteiger partial charge is 0.338 e. The molecule has 1 atom stereocenters. The molecule has 116 valence electrons. The van der Waals surface area contributed by atoms with Crippen molar-refractivity contribution in [3.63, 3.8) is 0 Å². The SMILES string of the molecule is CC(Sc1ncnc2c1cnn2C)c1nc(-c2cccs2)no1. The molecule has 0 saturated carbocycles. The van der Waals surface area contributed by atoms with Crippen LogP contribution in [0.1, 0.15) is 18.1 Å². The number of nitrogens with zero attached hydrogens (tertiary/aromatic N) is 6. The molecule has 7 nitrogen and oxygen atoms in total. The van der Waals surface area contributed by atoms with Gasteiger partial charge < -0.3 is 4.52 Å². The zero-order valence-corrected chi connectivity index (χ0v) is 14.0. The Labute approximate surface area is 139 Å². The number of thioether (sulfide) groups is 1. The first kappa shape index (κ1) is 14.3. The summed E-state index contributed by atoms with van der Waals surface area (Å²) >= 11 is 3.14. The molecule has 4 rings (SSSR count). The van der Waals surface area contributed by atoms with Gasteiger partial charge in [-0.1, -0.05) is 23.0 Å². The predicted molar refractivity (Wildman–Crippen MR) is 88.2 cm³/mol. The van der Waals surface area contributed by atoms with E-state index in [4.69, 9.17) is 4.52 Å². The van der Waals surface area contributed by atoms with Crippen LogP contribution in [0.4, 0.5) is 0 Å². The minimum atomic E-state index is -0.0190. The van der Waals surface area contributed by atoms with Gasteiger partial charge in [0, 0.05) is 7.05 Å². The molecule has 4 aromatic rings. The van der Waals surface area contributed by atoms with Gasteiger partial charge in [-0.25, -0.2) is 9.97 Å². The first-order valence-electron chi connectivity index (χ1n) is 6.89. The summed E-state index contributed by atoms with van der Waals surface area (Å²) in [5.41, 5.74) is 0.805. The van der Waals surface area contributed by atoms with Crippen LogP contribution in [0.3, 0.4) is 0 Å². The highest BCUT2D eigenvalue weighted by Gasteiger charge is 2.19. The van der Waals surface area contributed by atoms with E-state index < -0.39 is 0 Å². The van der Waals surface area contributed by atoms with E-state index in [2.05, 4.69) is 25.2 Å². The lowest BCUT2D eigenvalue weighted by Gasteiger charge is -2.05. The van der Waals surface area contributed by atoms with E-state index in [1.165, 1.54) is 0 Å². The fourth-order valence-electron chi connectivity index (χ4n) is 2.16. The predicted octanol–water partition coefficient (Wildman–Crippen LogP) is 3.33. The van der Waals surface area contributed by atoms with Gasteiger partial charge >= 0.3 is 0 Å². The number of hydrogen-bond acceptors (Lipinski definition) is 8. The number of rotatable bonds is 4. The van der Waals surface area contributed by atoms with Crippen molar-refractivity contribution >= 4 is 34.1 Å². The van der Waals surface area contributed by atoms with E-state index in [-0.39, 0.29) is 5.25 Å². The van der Waals surface area contributed by atoms with Crippen molar-refractivity contribution in [1.29, 1.82) is 0 Å². The first-order valence-corrected chi connectivity index (χ1v) is 8.65. The lowest BCUT2D eigenvalue weighted by molar-refractivity contribution is 0.381. The van der Waals surface area contributed by atoms with E-state index in [1.807, 2.05) is 31.5 Å². The molecule has 0 saturated heterocycles. The van der Waals surface area contributed by atoms with Crippen LogP contribution in [0.25, 0.3) is 21.7 Å². The minimum absolute atomic E-state index is 0.0190. The van der Waals surface area contributed by atoms with E-state index >= 15 is 0 Å². The molecule has 0 fully saturated rings. The number of aryl methyl sites for hydroxylation is 1. The van der Waals surface area contributed by atoms with Crippen molar-refractivity contribution in [2.45, 2.75) is 17.2 Å². The third-order valence-corrected chi connectivity index (χ3v) is 5.28. The van der Waals surface area contributed by atoms with Crippen molar-refractivity contribution in [2.75, 3.05) is 0 Å². The zero-order chi connectivity index (χ0) is 15.8. The summed E-state index contributed by atoms with van der Waals surface area (Å²) in [4.78, 5) is 14.1. The van der Waals surface area contributed by atoms with Crippen LogP contribution in [-0.4, -0.2) is 29.9 Å². The van der Waals surface area contributed by atoms with Crippen molar-refractivity contribution in [1.82, 2.24) is 29.9 Å². The quantitative estimate of drug-likeness (QED) is 0.415. The normalized spacial score (nSPS) is 12.8. The Hall–Kier alpha value is -2.26. The maximum atomic E-state index is 5.40. The maximum Gasteiger partial charge on any atom is 0.240 e. The lowest BCUT2D eigenvalue weighted by Crippen LogP contribution is -1.94. The Morgan fingerprint density at radius 1 is 1.35 bits per heavy atom. The van der Waals surface area contributed by atoms with Gasteiger partial charge in [-0.15, -0.1) is 11.3 Å². The van der Waals surface area contributed by atoms with Gasteiger partial charge in [0.15, 0.2) is 5.65 Å². The maximum absolute atomic E-state index is 5.40. The molecule has 9 heteroatoms. The van der Waals surface area contributed by atoms with Crippen molar-refractivity contribution in [2.24, 2.45) is 7.05 Å². The molecule has 0 spiro atoms. The summed E-state index contributed by atoms with van der Waals surface area (Å²) in [5.74, 6) is 1.20. The highest BCUT2D eigenvalue weighted by Crippen LogP contribution is 2.36. The summed E-state index contributed by atoms with van der Waals surface area (Å²) in [6.07, 6.45) is 3.32. The Balaban J connectivity index is 1.61. The van der Waals surface area contributed by atoms with E-state index in [0.717, 1.165) is 20.9 Å². The van der Waals surface area contributed by atoms with Gasteiger partial charge in [0.05, 0.1) is 21.7 Å². The highest BCUT2D eigenvalue weighted by molar-refractivity contribution is 7.99. The van der Waals surface area contributed by atoms with Gasteiger partial charge in [-0.2, -0.15) is 10.1 Å². The molecule has 0 N–H and O–H groups in total. The fourth-order valence-corrected chi connectivity index (χ4v) is 3.72. The van der Waals surface area contributed by atoms with E-state index in [9.17, 15) is 0 Å². The Morgan fingerprint density at radius 2 is 2.26 bits per heavy atom. The molecule has 4 heterocycles. The molecule has 0 aliphatic carbocycles. The van der Waals surface area contributed by atoms with Crippen molar-refractivity contribution in [3.05, 3.63) is 35.9 Å². The number of fused-ring (bicyclic) bond motifs is 1. The van der Waals surface area contributed by atoms with Crippen LogP contribution in [-0.2, 0) is 7.05 Å². The van der Waals surface area contributed by atoms with Crippen LogP contribution in [0.15, 0.2) is 39.6 Å². The van der Waals surface area contributed by atoms with Crippen LogP contribution >= 0.6 is 23.1 Å². The van der Waals surface area contributed by atoms with E-state index in [0.29, 0.717) is 11.7 Å². The summed E-state index contributed by atoms with van der Waals surface area (Å²) in [5, 5.41) is 12.0. The lowest BCUT2D eigenvalue weighted by atomic mass is 10.4. The summed E-state index contributed by atoms with van der Waals surface area (Å²) in [7, 11) is 1.86. The van der Waals surface area contributed by atoms with Gasteiger partial charge in [0.1, 0.15) is 11.4 Å². The monoisotopic (exact) mass is 344 g/mol. The second-order valence-corrected chi connectivity index (χ2v) is 7.16. The molecular weight excluding hydrogens is 332 g/mol. The van der Waals surface area contributed by atoms with Crippen molar-refractivity contribution in [3.8, 4) is 10.7 Å². The van der Waals surface area contributed by atoms with Crippen LogP contribution in [0, 0.1) is 0 Å². The van der Waals surface area contributed by atoms with Gasteiger partial charge in [-0.3, -0.25) is 4.68 Å². The standard InChI is InChI=1S/C14H12N6OS2/c1-8(13-18-11(19-21-13)10-4-3-5-22-10)23-14-9-6-17-20(2)12(9)15-7-16-14/h3-8H,1-2H3. The smallest absolute Gasteiger partial charge is 0.240 e. The molecule has 4 aromatic heterocycles. The topological polar surface area (TPSA) is 82.5 Å². The third kappa shape index (κ3) is 2.62. The average Bonchev–Trinajstić information content (AvgIpc) is 3.28. The van der Waals surface area contributed by atoms with Crippen LogP contribution < -0.4 is 0 Å². The minimum Gasteiger partial charge on any atom is -0.338 e. The van der Waals surface area contributed by atoms with Crippen LogP contribution in [0.5, 0.6) is 0 Å². The molecule has 1 unspecified atom stereocenters. The fraction of sp³-hybridized carbons (Fsp3) is 0.214. The van der Waals surface area contributed by atoms with Gasteiger partial charge in [-0.05, 0) is 18.4 Å².